The molecule has 5 heteroatoms. The summed E-state index contributed by atoms with van der Waals surface area (Å²) in [6.45, 7) is 0.662. The number of fused-ring (bicyclic) bond motifs is 1. The molecule has 2 aromatic rings. The number of rotatable bonds is 5. The van der Waals surface area contributed by atoms with Crippen LogP contribution in [0.5, 0.6) is 0 Å². The van der Waals surface area contributed by atoms with Gasteiger partial charge in [0.15, 0.2) is 0 Å². The molecule has 1 aliphatic carbocycles. The summed E-state index contributed by atoms with van der Waals surface area (Å²) in [4.78, 5) is 36.0. The van der Waals surface area contributed by atoms with Gasteiger partial charge in [-0.1, -0.05) is 35.9 Å². The summed E-state index contributed by atoms with van der Waals surface area (Å²) in [6, 6.07) is 12.5. The first-order chi connectivity index (χ1) is 13.8. The summed E-state index contributed by atoms with van der Waals surface area (Å²) in [5.74, 6) is -0.867. The standard InChI is InChI=1S/C23H23N3O2/c27-22-19-11-5-4-10-18(19)20(16-24-15-13-17-8-2-1-3-9-17)23(28)26(22)21-12-6-7-14-25-21/h4-8,10-12,14,16,20H,1-3,9,13,15H2/t20-/m0/s1. The van der Waals surface area contributed by atoms with Gasteiger partial charge in [-0.05, 0) is 55.9 Å². The van der Waals surface area contributed by atoms with E-state index in [2.05, 4.69) is 16.1 Å². The first-order valence-electron chi connectivity index (χ1n) is 9.82. The predicted octanol–water partition coefficient (Wildman–Crippen LogP) is 4.31. The van der Waals surface area contributed by atoms with Crippen molar-refractivity contribution in [2.75, 3.05) is 11.4 Å². The van der Waals surface area contributed by atoms with Crippen molar-refractivity contribution in [1.82, 2.24) is 4.98 Å². The Kier molecular flexibility index (Phi) is 5.42. The first kappa shape index (κ1) is 18.3. The van der Waals surface area contributed by atoms with Crippen molar-refractivity contribution in [3.63, 3.8) is 0 Å². The van der Waals surface area contributed by atoms with Crippen LogP contribution in [0, 0.1) is 0 Å². The van der Waals surface area contributed by atoms with Crippen molar-refractivity contribution in [1.29, 1.82) is 0 Å². The molecule has 0 spiro atoms. The Hall–Kier alpha value is -3.08. The number of anilines is 1. The van der Waals surface area contributed by atoms with Crippen LogP contribution in [-0.4, -0.2) is 29.6 Å². The second kappa shape index (κ2) is 8.30. The third-order valence-corrected chi connectivity index (χ3v) is 5.30. The Morgan fingerprint density at radius 2 is 1.96 bits per heavy atom. The number of aromatic nitrogens is 1. The molecule has 0 saturated heterocycles. The molecule has 0 fully saturated rings. The molecule has 0 radical (unpaired) electrons. The highest BCUT2D eigenvalue weighted by molar-refractivity contribution is 6.28. The molecule has 1 atom stereocenters. The fraction of sp³-hybridized carbons (Fsp3) is 0.304. The van der Waals surface area contributed by atoms with Gasteiger partial charge in [-0.25, -0.2) is 9.88 Å². The van der Waals surface area contributed by atoms with Crippen molar-refractivity contribution < 1.29 is 9.59 Å². The fourth-order valence-corrected chi connectivity index (χ4v) is 3.82. The minimum Gasteiger partial charge on any atom is -0.296 e. The highest BCUT2D eigenvalue weighted by Crippen LogP contribution is 2.31. The SMILES string of the molecule is O=C1c2ccccc2[C@H](C=NCCC2=CCCCC2)C(=O)N1c1ccccn1. The maximum atomic E-state index is 13.2. The minimum absolute atomic E-state index is 0.303. The summed E-state index contributed by atoms with van der Waals surface area (Å²) in [6.07, 6.45) is 11.4. The first-order valence-corrected chi connectivity index (χ1v) is 9.82. The highest BCUT2D eigenvalue weighted by atomic mass is 16.2. The molecule has 2 aliphatic rings. The topological polar surface area (TPSA) is 62.6 Å². The molecule has 2 amide bonds. The van der Waals surface area contributed by atoms with Gasteiger partial charge in [0.2, 0.25) is 5.91 Å². The van der Waals surface area contributed by atoms with E-state index in [0.717, 1.165) is 19.3 Å². The molecule has 2 heterocycles. The lowest BCUT2D eigenvalue weighted by molar-refractivity contribution is -0.118. The van der Waals surface area contributed by atoms with Gasteiger partial charge in [0.25, 0.3) is 5.91 Å². The molecule has 28 heavy (non-hydrogen) atoms. The smallest absolute Gasteiger partial charge is 0.266 e. The largest absolute Gasteiger partial charge is 0.296 e. The van der Waals surface area contributed by atoms with Crippen LogP contribution in [0.1, 0.15) is 53.9 Å². The summed E-state index contributed by atoms with van der Waals surface area (Å²) in [5.41, 5.74) is 2.70. The molecule has 0 N–H and O–H groups in total. The minimum atomic E-state index is -0.573. The maximum absolute atomic E-state index is 13.2. The molecule has 1 aliphatic heterocycles. The molecular formula is C23H23N3O2. The zero-order valence-corrected chi connectivity index (χ0v) is 15.8. The second-order valence-corrected chi connectivity index (χ2v) is 7.15. The number of allylic oxidation sites excluding steroid dienone is 1. The van der Waals surface area contributed by atoms with E-state index in [1.54, 1.807) is 36.7 Å². The van der Waals surface area contributed by atoms with Crippen LogP contribution in [0.3, 0.4) is 0 Å². The third-order valence-electron chi connectivity index (χ3n) is 5.30. The number of hydrogen-bond acceptors (Lipinski definition) is 4. The number of benzene rings is 1. The molecule has 142 valence electrons. The van der Waals surface area contributed by atoms with Gasteiger partial charge in [-0.15, -0.1) is 0 Å². The maximum Gasteiger partial charge on any atom is 0.266 e. The van der Waals surface area contributed by atoms with Crippen molar-refractivity contribution in [2.24, 2.45) is 4.99 Å². The summed E-state index contributed by atoms with van der Waals surface area (Å²) < 4.78 is 0. The summed E-state index contributed by atoms with van der Waals surface area (Å²) in [5, 5.41) is 0. The number of imide groups is 1. The van der Waals surface area contributed by atoms with Gasteiger partial charge in [-0.3, -0.25) is 14.6 Å². The Balaban J connectivity index is 1.59. The number of carbonyl (C=O) groups is 2. The lowest BCUT2D eigenvalue weighted by Gasteiger charge is -2.30. The van der Waals surface area contributed by atoms with Crippen molar-refractivity contribution >= 4 is 23.8 Å². The average molecular weight is 373 g/mol. The van der Waals surface area contributed by atoms with E-state index in [1.165, 1.54) is 23.3 Å². The number of hydrogen-bond donors (Lipinski definition) is 0. The van der Waals surface area contributed by atoms with Crippen LogP contribution in [-0.2, 0) is 4.79 Å². The zero-order valence-electron chi connectivity index (χ0n) is 15.8. The molecule has 1 aromatic heterocycles. The normalized spacial score (nSPS) is 19.6. The lowest BCUT2D eigenvalue weighted by Crippen LogP contribution is -2.45. The van der Waals surface area contributed by atoms with E-state index in [1.807, 2.05) is 18.2 Å². The zero-order chi connectivity index (χ0) is 19.3. The van der Waals surface area contributed by atoms with E-state index in [4.69, 9.17) is 0 Å². The van der Waals surface area contributed by atoms with E-state index in [-0.39, 0.29) is 11.8 Å². The van der Waals surface area contributed by atoms with E-state index in [9.17, 15) is 9.59 Å². The van der Waals surface area contributed by atoms with Gasteiger partial charge < -0.3 is 0 Å². The van der Waals surface area contributed by atoms with Crippen LogP contribution in [0.15, 0.2) is 65.3 Å². The fourth-order valence-electron chi connectivity index (χ4n) is 3.82. The van der Waals surface area contributed by atoms with Crippen LogP contribution >= 0.6 is 0 Å². The van der Waals surface area contributed by atoms with Crippen molar-refractivity contribution in [2.45, 2.75) is 38.0 Å². The van der Waals surface area contributed by atoms with Gasteiger partial charge in [0.05, 0.1) is 5.92 Å². The Morgan fingerprint density at radius 1 is 1.11 bits per heavy atom. The Morgan fingerprint density at radius 3 is 2.75 bits per heavy atom. The van der Waals surface area contributed by atoms with E-state index >= 15 is 0 Å². The number of nitrogens with zero attached hydrogens (tertiary/aromatic N) is 3. The third kappa shape index (κ3) is 3.65. The molecule has 5 nitrogen and oxygen atoms in total. The van der Waals surface area contributed by atoms with E-state index < -0.39 is 5.92 Å². The average Bonchev–Trinajstić information content (AvgIpc) is 2.75. The Labute approximate surface area is 164 Å². The highest BCUT2D eigenvalue weighted by Gasteiger charge is 2.39. The predicted molar refractivity (Wildman–Crippen MR) is 110 cm³/mol. The molecular weight excluding hydrogens is 350 g/mol. The number of amides is 2. The molecule has 0 bridgehead atoms. The summed E-state index contributed by atoms with van der Waals surface area (Å²) in [7, 11) is 0. The van der Waals surface area contributed by atoms with E-state index in [0.29, 0.717) is 23.5 Å². The number of pyridine rings is 1. The number of aliphatic imine (C=N–C) groups is 1. The lowest BCUT2D eigenvalue weighted by atomic mass is 9.89. The van der Waals surface area contributed by atoms with Gasteiger partial charge >= 0.3 is 0 Å². The monoisotopic (exact) mass is 373 g/mol. The number of carbonyl (C=O) groups excluding carboxylic acids is 2. The molecule has 1 aromatic carbocycles. The Bertz CT molecular complexity index is 934. The van der Waals surface area contributed by atoms with Crippen molar-refractivity contribution in [3.8, 4) is 0 Å². The van der Waals surface area contributed by atoms with Gasteiger partial charge in [0, 0.05) is 24.5 Å². The molecule has 0 unspecified atom stereocenters. The van der Waals surface area contributed by atoms with Crippen LogP contribution < -0.4 is 4.90 Å². The van der Waals surface area contributed by atoms with Gasteiger partial charge in [0.1, 0.15) is 5.82 Å². The van der Waals surface area contributed by atoms with Crippen LogP contribution in [0.4, 0.5) is 5.82 Å². The quantitative estimate of drug-likeness (QED) is 0.446. The molecule has 0 saturated carbocycles. The van der Waals surface area contributed by atoms with Crippen LogP contribution in [0.2, 0.25) is 0 Å². The summed E-state index contributed by atoms with van der Waals surface area (Å²) >= 11 is 0. The second-order valence-electron chi connectivity index (χ2n) is 7.15. The van der Waals surface area contributed by atoms with Gasteiger partial charge in [-0.2, -0.15) is 0 Å². The van der Waals surface area contributed by atoms with Crippen molar-refractivity contribution in [3.05, 3.63) is 71.4 Å². The molecule has 4 rings (SSSR count). The van der Waals surface area contributed by atoms with Crippen LogP contribution in [0.25, 0.3) is 0 Å².